The summed E-state index contributed by atoms with van der Waals surface area (Å²) in [7, 11) is 0. The molecule has 0 aliphatic carbocycles. The van der Waals surface area contributed by atoms with E-state index < -0.39 is 0 Å². The van der Waals surface area contributed by atoms with E-state index in [2.05, 4.69) is 10.6 Å². The van der Waals surface area contributed by atoms with E-state index >= 15 is 0 Å². The third kappa shape index (κ3) is 4.51. The Hall–Kier alpha value is -1.99. The van der Waals surface area contributed by atoms with Crippen molar-refractivity contribution in [1.29, 1.82) is 0 Å². The van der Waals surface area contributed by atoms with Crippen molar-refractivity contribution in [3.05, 3.63) is 29.8 Å². The number of amides is 2. The van der Waals surface area contributed by atoms with Gasteiger partial charge in [0.25, 0.3) is 0 Å². The van der Waals surface area contributed by atoms with Crippen molar-refractivity contribution in [3.8, 4) is 0 Å². The first-order valence-electron chi connectivity index (χ1n) is 6.74. The molecule has 21 heavy (non-hydrogen) atoms. The molecule has 0 aromatic heterocycles. The van der Waals surface area contributed by atoms with E-state index in [0.29, 0.717) is 37.3 Å². The molecule has 0 radical (unpaired) electrons. The molecule has 4 N–H and O–H groups in total. The first kappa shape index (κ1) is 15.4. The van der Waals surface area contributed by atoms with Crippen LogP contribution in [0, 0.1) is 0 Å². The zero-order valence-corrected chi connectivity index (χ0v) is 12.4. The van der Waals surface area contributed by atoms with Crippen LogP contribution in [0.5, 0.6) is 0 Å². The highest BCUT2D eigenvalue weighted by Gasteiger charge is 2.16. The van der Waals surface area contributed by atoms with Crippen LogP contribution in [0.2, 0.25) is 0 Å². The Balaban J connectivity index is 1.95. The fraction of sp³-hybridized carbons (Fsp3) is 0.357. The Labute approximate surface area is 128 Å². The second kappa shape index (κ2) is 7.14. The van der Waals surface area contributed by atoms with E-state index in [1.54, 1.807) is 12.1 Å². The maximum absolute atomic E-state index is 12.1. The van der Waals surface area contributed by atoms with E-state index in [4.69, 9.17) is 18.0 Å². The average molecular weight is 306 g/mol. The van der Waals surface area contributed by atoms with Gasteiger partial charge in [-0.25, -0.2) is 0 Å². The predicted octanol–water partition coefficient (Wildman–Crippen LogP) is 0.0812. The number of anilines is 1. The lowest BCUT2D eigenvalue weighted by Crippen LogP contribution is -2.36. The molecule has 1 aromatic carbocycles. The molecule has 2 rings (SSSR count). The van der Waals surface area contributed by atoms with Gasteiger partial charge in [0.15, 0.2) is 0 Å². The summed E-state index contributed by atoms with van der Waals surface area (Å²) in [6.07, 6.45) is 0.413. The van der Waals surface area contributed by atoms with Gasteiger partial charge >= 0.3 is 0 Å². The summed E-state index contributed by atoms with van der Waals surface area (Å²) >= 11 is 4.96. The van der Waals surface area contributed by atoms with E-state index in [9.17, 15) is 9.59 Å². The number of para-hydroxylation sites is 1. The van der Waals surface area contributed by atoms with Gasteiger partial charge in [0.1, 0.15) is 4.99 Å². The SMILES string of the molecule is NC(=S)c1ccccc1NC(=O)CN1CCNC(=O)CC1. The average Bonchev–Trinajstić information content (AvgIpc) is 2.64. The van der Waals surface area contributed by atoms with Crippen LogP contribution in [0.25, 0.3) is 0 Å². The minimum Gasteiger partial charge on any atom is -0.389 e. The molecule has 112 valence electrons. The predicted molar refractivity (Wildman–Crippen MR) is 85.0 cm³/mol. The van der Waals surface area contributed by atoms with Crippen LogP contribution < -0.4 is 16.4 Å². The second-order valence-corrected chi connectivity index (χ2v) is 5.27. The van der Waals surface area contributed by atoms with Gasteiger partial charge in [0.2, 0.25) is 11.8 Å². The highest BCUT2D eigenvalue weighted by molar-refractivity contribution is 7.80. The van der Waals surface area contributed by atoms with Gasteiger partial charge in [0, 0.05) is 31.6 Å². The van der Waals surface area contributed by atoms with Gasteiger partial charge in [-0.1, -0.05) is 24.4 Å². The van der Waals surface area contributed by atoms with Gasteiger partial charge < -0.3 is 16.4 Å². The highest BCUT2D eigenvalue weighted by atomic mass is 32.1. The smallest absolute Gasteiger partial charge is 0.238 e. The van der Waals surface area contributed by atoms with Crippen molar-refractivity contribution in [2.75, 3.05) is 31.5 Å². The monoisotopic (exact) mass is 306 g/mol. The van der Waals surface area contributed by atoms with Crippen molar-refractivity contribution in [3.63, 3.8) is 0 Å². The minimum atomic E-state index is -0.145. The van der Waals surface area contributed by atoms with Crippen molar-refractivity contribution in [2.24, 2.45) is 5.73 Å². The lowest BCUT2D eigenvalue weighted by molar-refractivity contribution is -0.121. The Morgan fingerprint density at radius 1 is 1.38 bits per heavy atom. The summed E-state index contributed by atoms with van der Waals surface area (Å²) < 4.78 is 0. The summed E-state index contributed by atoms with van der Waals surface area (Å²) in [5.41, 5.74) is 6.89. The van der Waals surface area contributed by atoms with Gasteiger partial charge in [-0.3, -0.25) is 14.5 Å². The molecule has 1 aliphatic rings. The molecule has 0 unspecified atom stereocenters. The zero-order valence-electron chi connectivity index (χ0n) is 11.6. The van der Waals surface area contributed by atoms with Crippen LogP contribution in [0.3, 0.4) is 0 Å². The van der Waals surface area contributed by atoms with Crippen LogP contribution in [0.4, 0.5) is 5.69 Å². The lowest BCUT2D eigenvalue weighted by atomic mass is 10.2. The number of rotatable bonds is 4. The molecular weight excluding hydrogens is 288 g/mol. The molecule has 2 amide bonds. The summed E-state index contributed by atoms with van der Waals surface area (Å²) in [4.78, 5) is 25.6. The summed E-state index contributed by atoms with van der Waals surface area (Å²) in [5, 5.41) is 5.59. The van der Waals surface area contributed by atoms with Crippen molar-refractivity contribution >= 4 is 34.7 Å². The highest BCUT2D eigenvalue weighted by Crippen LogP contribution is 2.14. The van der Waals surface area contributed by atoms with E-state index in [1.165, 1.54) is 0 Å². The fourth-order valence-electron chi connectivity index (χ4n) is 2.17. The number of benzene rings is 1. The molecule has 0 bridgehead atoms. The number of hydrogen-bond acceptors (Lipinski definition) is 4. The van der Waals surface area contributed by atoms with Crippen LogP contribution >= 0.6 is 12.2 Å². The number of thiocarbonyl (C=S) groups is 1. The van der Waals surface area contributed by atoms with E-state index in [0.717, 1.165) is 0 Å². The summed E-state index contributed by atoms with van der Waals surface area (Å²) in [5.74, 6) is -0.121. The largest absolute Gasteiger partial charge is 0.389 e. The number of nitrogens with one attached hydrogen (secondary N) is 2. The van der Waals surface area contributed by atoms with Crippen molar-refractivity contribution in [1.82, 2.24) is 10.2 Å². The van der Waals surface area contributed by atoms with Gasteiger partial charge in [-0.15, -0.1) is 0 Å². The Morgan fingerprint density at radius 3 is 2.90 bits per heavy atom. The second-order valence-electron chi connectivity index (χ2n) is 4.83. The van der Waals surface area contributed by atoms with E-state index in [1.807, 2.05) is 17.0 Å². The molecule has 0 atom stereocenters. The molecule has 6 nitrogen and oxygen atoms in total. The molecule has 0 spiro atoms. The fourth-order valence-corrected chi connectivity index (χ4v) is 2.35. The first-order chi connectivity index (χ1) is 10.1. The topological polar surface area (TPSA) is 87.5 Å². The third-order valence-electron chi connectivity index (χ3n) is 3.24. The van der Waals surface area contributed by atoms with Crippen LogP contribution in [-0.4, -0.2) is 47.9 Å². The molecule has 1 heterocycles. The number of carbonyl (C=O) groups excluding carboxylic acids is 2. The molecule has 1 aliphatic heterocycles. The maximum atomic E-state index is 12.1. The zero-order chi connectivity index (χ0) is 15.2. The molecule has 0 saturated carbocycles. The molecule has 1 saturated heterocycles. The molecule has 7 heteroatoms. The first-order valence-corrected chi connectivity index (χ1v) is 7.15. The molecule has 1 fully saturated rings. The lowest BCUT2D eigenvalue weighted by Gasteiger charge is -2.18. The number of nitrogens with zero attached hydrogens (tertiary/aromatic N) is 1. The Bertz CT molecular complexity index is 562. The van der Waals surface area contributed by atoms with Crippen molar-refractivity contribution in [2.45, 2.75) is 6.42 Å². The van der Waals surface area contributed by atoms with Crippen LogP contribution in [0.1, 0.15) is 12.0 Å². The van der Waals surface area contributed by atoms with Crippen molar-refractivity contribution < 1.29 is 9.59 Å². The number of carbonyl (C=O) groups is 2. The Morgan fingerprint density at radius 2 is 2.14 bits per heavy atom. The number of hydrogen-bond donors (Lipinski definition) is 3. The maximum Gasteiger partial charge on any atom is 0.238 e. The quantitative estimate of drug-likeness (QED) is 0.686. The van der Waals surface area contributed by atoms with Gasteiger partial charge in [0.05, 0.1) is 12.2 Å². The normalized spacial score (nSPS) is 15.9. The summed E-state index contributed by atoms with van der Waals surface area (Å²) in [6, 6.07) is 7.16. The molecule has 1 aromatic rings. The number of nitrogens with two attached hydrogens (primary N) is 1. The standard InChI is InChI=1S/C14H18N4O2S/c15-14(21)10-3-1-2-4-11(10)17-13(20)9-18-7-5-12(19)16-6-8-18/h1-4H,5-9H2,(H2,15,21)(H,16,19)(H,17,20). The third-order valence-corrected chi connectivity index (χ3v) is 3.46. The summed E-state index contributed by atoms with van der Waals surface area (Å²) in [6.45, 7) is 2.04. The van der Waals surface area contributed by atoms with Crippen LogP contribution in [0.15, 0.2) is 24.3 Å². The van der Waals surface area contributed by atoms with E-state index in [-0.39, 0.29) is 23.3 Å². The minimum absolute atomic E-state index is 0.0248. The molecular formula is C14H18N4O2S. The van der Waals surface area contributed by atoms with Crippen LogP contribution in [-0.2, 0) is 9.59 Å². The van der Waals surface area contributed by atoms with Gasteiger partial charge in [-0.2, -0.15) is 0 Å². The Kier molecular flexibility index (Phi) is 5.24. The van der Waals surface area contributed by atoms with Gasteiger partial charge in [-0.05, 0) is 12.1 Å².